The molecule has 1 aliphatic heterocycles. The van der Waals surface area contributed by atoms with Gasteiger partial charge in [-0.2, -0.15) is 0 Å². The van der Waals surface area contributed by atoms with Crippen LogP contribution in [0.5, 0.6) is 0 Å². The number of ether oxygens (including phenoxy) is 3. The summed E-state index contributed by atoms with van der Waals surface area (Å²) in [5, 5.41) is 3.25. The van der Waals surface area contributed by atoms with E-state index in [9.17, 15) is 14.4 Å². The van der Waals surface area contributed by atoms with Gasteiger partial charge in [-0.25, -0.2) is 4.79 Å². The van der Waals surface area contributed by atoms with Gasteiger partial charge >= 0.3 is 18.0 Å². The zero-order valence-electron chi connectivity index (χ0n) is 26.7. The van der Waals surface area contributed by atoms with Crippen LogP contribution in [0.15, 0.2) is 60.7 Å². The molecule has 1 saturated heterocycles. The fourth-order valence-electron chi connectivity index (χ4n) is 5.46. The van der Waals surface area contributed by atoms with Gasteiger partial charge in [0.15, 0.2) is 0 Å². The summed E-state index contributed by atoms with van der Waals surface area (Å²) in [6.45, 7) is 12.4. The summed E-state index contributed by atoms with van der Waals surface area (Å²) in [6.07, 6.45) is 1.31. The summed E-state index contributed by atoms with van der Waals surface area (Å²) < 4.78 is 16.6. The molecule has 1 fully saturated rings. The van der Waals surface area contributed by atoms with E-state index in [0.717, 1.165) is 11.1 Å². The minimum Gasteiger partial charge on any atom is -0.468 e. The summed E-state index contributed by atoms with van der Waals surface area (Å²) >= 11 is 0. The lowest BCUT2D eigenvalue weighted by Gasteiger charge is -2.33. The molecule has 2 aromatic carbocycles. The van der Waals surface area contributed by atoms with Gasteiger partial charge < -0.3 is 19.5 Å². The number of carbonyl (C=O) groups is 3. The SMILES string of the molecule is COC(=O)[C@H](C)NCC[C@@H]1[C@H](Cc2ccccc2)N(C(=O)OC(C)(C)C)CN1[C@@H](CC(C)C)C(=O)OCc1ccccc1. The number of amides is 1. The number of rotatable bonds is 13. The molecule has 9 nitrogen and oxygen atoms in total. The summed E-state index contributed by atoms with van der Waals surface area (Å²) in [6, 6.07) is 18.1. The van der Waals surface area contributed by atoms with Crippen molar-refractivity contribution < 1.29 is 28.6 Å². The normalized spacial score (nSPS) is 18.7. The van der Waals surface area contributed by atoms with Crippen LogP contribution in [0.4, 0.5) is 4.79 Å². The third-order valence-corrected chi connectivity index (χ3v) is 7.54. The zero-order chi connectivity index (χ0) is 31.6. The first-order chi connectivity index (χ1) is 20.4. The quantitative estimate of drug-likeness (QED) is 0.250. The van der Waals surface area contributed by atoms with Gasteiger partial charge in [0.2, 0.25) is 0 Å². The van der Waals surface area contributed by atoms with E-state index < -0.39 is 23.8 Å². The molecule has 0 aliphatic carbocycles. The number of esters is 2. The fourth-order valence-corrected chi connectivity index (χ4v) is 5.46. The first-order valence-corrected chi connectivity index (χ1v) is 15.2. The molecule has 0 bridgehead atoms. The highest BCUT2D eigenvalue weighted by Gasteiger charge is 2.48. The van der Waals surface area contributed by atoms with Crippen molar-refractivity contribution in [2.75, 3.05) is 20.3 Å². The molecule has 9 heteroatoms. The van der Waals surface area contributed by atoms with E-state index in [1.807, 2.05) is 81.4 Å². The highest BCUT2D eigenvalue weighted by molar-refractivity contribution is 5.76. The maximum Gasteiger partial charge on any atom is 0.411 e. The van der Waals surface area contributed by atoms with Crippen LogP contribution in [0, 0.1) is 5.92 Å². The Labute approximate surface area is 256 Å². The molecule has 236 valence electrons. The third kappa shape index (κ3) is 10.4. The van der Waals surface area contributed by atoms with E-state index in [1.165, 1.54) is 7.11 Å². The molecule has 0 unspecified atom stereocenters. The van der Waals surface area contributed by atoms with Crippen LogP contribution in [-0.2, 0) is 36.8 Å². The standard InChI is InChI=1S/C34H49N3O6/c1-24(2)20-30(32(39)42-22-27-16-12-9-13-17-27)36-23-37(33(40)43-34(4,5)6)29(21-26-14-10-8-11-15-26)28(36)18-19-35-25(3)31(38)41-7/h8-17,24-25,28-30,35H,18-23H2,1-7H3/t25-,28+,29-,30-/m0/s1. The Morgan fingerprint density at radius 3 is 2.07 bits per heavy atom. The molecule has 3 rings (SSSR count). The van der Waals surface area contributed by atoms with Crippen molar-refractivity contribution in [3.63, 3.8) is 0 Å². The first-order valence-electron chi connectivity index (χ1n) is 15.2. The number of methoxy groups -OCH3 is 1. The van der Waals surface area contributed by atoms with Gasteiger partial charge in [-0.3, -0.25) is 19.4 Å². The molecule has 1 amide bonds. The minimum absolute atomic E-state index is 0.175. The molecule has 1 N–H and O–H groups in total. The number of hydrogen-bond donors (Lipinski definition) is 1. The molecule has 0 saturated carbocycles. The van der Waals surface area contributed by atoms with Gasteiger partial charge in [-0.15, -0.1) is 0 Å². The van der Waals surface area contributed by atoms with Crippen molar-refractivity contribution in [3.05, 3.63) is 71.8 Å². The second kappa shape index (κ2) is 15.9. The highest BCUT2D eigenvalue weighted by Crippen LogP contribution is 2.32. The van der Waals surface area contributed by atoms with Crippen molar-refractivity contribution in [3.8, 4) is 0 Å². The monoisotopic (exact) mass is 595 g/mol. The van der Waals surface area contributed by atoms with Crippen LogP contribution in [-0.4, -0.2) is 77.9 Å². The van der Waals surface area contributed by atoms with Gasteiger partial charge in [-0.1, -0.05) is 74.5 Å². The van der Waals surface area contributed by atoms with Crippen LogP contribution in [0.25, 0.3) is 0 Å². The van der Waals surface area contributed by atoms with E-state index in [2.05, 4.69) is 24.1 Å². The van der Waals surface area contributed by atoms with E-state index in [-0.39, 0.29) is 43.2 Å². The average molecular weight is 596 g/mol. The first kappa shape index (κ1) is 34.1. The average Bonchev–Trinajstić information content (AvgIpc) is 3.31. The lowest BCUT2D eigenvalue weighted by molar-refractivity contribution is -0.153. The largest absolute Gasteiger partial charge is 0.468 e. The van der Waals surface area contributed by atoms with Crippen molar-refractivity contribution in [1.82, 2.24) is 15.1 Å². The molecule has 4 atom stereocenters. The molecular weight excluding hydrogens is 546 g/mol. The highest BCUT2D eigenvalue weighted by atomic mass is 16.6. The predicted molar refractivity (Wildman–Crippen MR) is 166 cm³/mol. The Bertz CT molecular complexity index is 1170. The Morgan fingerprint density at radius 1 is 0.907 bits per heavy atom. The van der Waals surface area contributed by atoms with Crippen molar-refractivity contribution in [2.45, 2.75) is 97.2 Å². The lowest BCUT2D eigenvalue weighted by atomic mass is 9.94. The molecule has 0 spiro atoms. The van der Waals surface area contributed by atoms with Crippen molar-refractivity contribution in [1.29, 1.82) is 0 Å². The molecule has 1 aliphatic rings. The van der Waals surface area contributed by atoms with Crippen LogP contribution in [0.2, 0.25) is 0 Å². The maximum atomic E-state index is 13.8. The van der Waals surface area contributed by atoms with Gasteiger partial charge in [-0.05, 0) is 70.5 Å². The third-order valence-electron chi connectivity index (χ3n) is 7.54. The molecule has 43 heavy (non-hydrogen) atoms. The number of hydrogen-bond acceptors (Lipinski definition) is 8. The summed E-state index contributed by atoms with van der Waals surface area (Å²) in [7, 11) is 1.37. The second-order valence-electron chi connectivity index (χ2n) is 12.7. The van der Waals surface area contributed by atoms with Gasteiger partial charge in [0.25, 0.3) is 0 Å². The topological polar surface area (TPSA) is 97.4 Å². The molecule has 0 aromatic heterocycles. The van der Waals surface area contributed by atoms with Crippen LogP contribution in [0.3, 0.4) is 0 Å². The van der Waals surface area contributed by atoms with Crippen molar-refractivity contribution >= 4 is 18.0 Å². The lowest BCUT2D eigenvalue weighted by Crippen LogP contribution is -2.49. The minimum atomic E-state index is -0.680. The van der Waals surface area contributed by atoms with Gasteiger partial charge in [0.05, 0.1) is 19.8 Å². The Morgan fingerprint density at radius 2 is 1.51 bits per heavy atom. The number of nitrogens with one attached hydrogen (secondary N) is 1. The van der Waals surface area contributed by atoms with Crippen LogP contribution >= 0.6 is 0 Å². The van der Waals surface area contributed by atoms with E-state index in [1.54, 1.807) is 11.8 Å². The van der Waals surface area contributed by atoms with Crippen molar-refractivity contribution in [2.24, 2.45) is 5.92 Å². The number of benzene rings is 2. The molecule has 2 aromatic rings. The smallest absolute Gasteiger partial charge is 0.411 e. The number of nitrogens with zero attached hydrogens (tertiary/aromatic N) is 2. The zero-order valence-corrected chi connectivity index (χ0v) is 26.7. The number of carbonyl (C=O) groups excluding carboxylic acids is 3. The fraction of sp³-hybridized carbons (Fsp3) is 0.559. The predicted octanol–water partition coefficient (Wildman–Crippen LogP) is 5.18. The molecule has 1 heterocycles. The Hall–Kier alpha value is -3.43. The molecule has 0 radical (unpaired) electrons. The molecular formula is C34H49N3O6. The summed E-state index contributed by atoms with van der Waals surface area (Å²) in [5.74, 6) is -0.458. The Kier molecular flexibility index (Phi) is 12.6. The Balaban J connectivity index is 1.96. The maximum absolute atomic E-state index is 13.8. The van der Waals surface area contributed by atoms with Gasteiger partial charge in [0, 0.05) is 6.04 Å². The van der Waals surface area contributed by atoms with Gasteiger partial charge in [0.1, 0.15) is 24.3 Å². The van der Waals surface area contributed by atoms with E-state index in [0.29, 0.717) is 25.8 Å². The summed E-state index contributed by atoms with van der Waals surface area (Å²) in [5.41, 5.74) is 1.31. The van der Waals surface area contributed by atoms with E-state index >= 15 is 0 Å². The summed E-state index contributed by atoms with van der Waals surface area (Å²) in [4.78, 5) is 43.4. The van der Waals surface area contributed by atoms with Crippen LogP contribution < -0.4 is 5.32 Å². The van der Waals surface area contributed by atoms with Crippen LogP contribution in [0.1, 0.15) is 65.5 Å². The second-order valence-corrected chi connectivity index (χ2v) is 12.7. The van der Waals surface area contributed by atoms with E-state index in [4.69, 9.17) is 14.2 Å².